The number of carbonyl (C=O) groups excluding carboxylic acids is 1. The predicted molar refractivity (Wildman–Crippen MR) is 80.3 cm³/mol. The third kappa shape index (κ3) is 6.87. The van der Waals surface area contributed by atoms with Gasteiger partial charge in [-0.15, -0.1) is 0 Å². The van der Waals surface area contributed by atoms with Crippen LogP contribution in [0.25, 0.3) is 0 Å². The first-order valence-corrected chi connectivity index (χ1v) is 8.42. The van der Waals surface area contributed by atoms with Crippen molar-refractivity contribution in [2.45, 2.75) is 40.2 Å². The minimum atomic E-state index is -3.86. The van der Waals surface area contributed by atoms with Crippen molar-refractivity contribution in [3.05, 3.63) is 0 Å². The van der Waals surface area contributed by atoms with Crippen molar-refractivity contribution in [1.82, 2.24) is 9.62 Å². The van der Waals surface area contributed by atoms with E-state index in [1.807, 2.05) is 6.07 Å². The molecule has 126 valence electrons. The Morgan fingerprint density at radius 1 is 1.41 bits per heavy atom. The van der Waals surface area contributed by atoms with Crippen LogP contribution in [0.1, 0.15) is 34.1 Å². The second-order valence-corrected chi connectivity index (χ2v) is 7.71. The molecule has 0 fully saturated rings. The Balaban J connectivity index is 5.09. The lowest BCUT2D eigenvalue weighted by Gasteiger charge is -2.27. The van der Waals surface area contributed by atoms with Gasteiger partial charge < -0.3 is 10.4 Å². The monoisotopic (exact) mass is 333 g/mol. The number of rotatable bonds is 9. The highest BCUT2D eigenvalue weighted by Gasteiger charge is 2.32. The Morgan fingerprint density at radius 2 is 1.95 bits per heavy atom. The summed E-state index contributed by atoms with van der Waals surface area (Å²) < 4.78 is 25.6. The van der Waals surface area contributed by atoms with Crippen molar-refractivity contribution < 1.29 is 23.1 Å². The summed E-state index contributed by atoms with van der Waals surface area (Å²) in [5, 5.41) is 20.4. The molecule has 0 heterocycles. The van der Waals surface area contributed by atoms with Gasteiger partial charge in [-0.25, -0.2) is 8.42 Å². The van der Waals surface area contributed by atoms with Crippen molar-refractivity contribution in [1.29, 1.82) is 5.26 Å². The van der Waals surface area contributed by atoms with Gasteiger partial charge in [-0.2, -0.15) is 9.57 Å². The van der Waals surface area contributed by atoms with Gasteiger partial charge >= 0.3 is 5.97 Å². The molecule has 8 nitrogen and oxygen atoms in total. The molecule has 0 radical (unpaired) electrons. The van der Waals surface area contributed by atoms with Crippen molar-refractivity contribution in [3.8, 4) is 6.07 Å². The first-order valence-electron chi connectivity index (χ1n) is 6.81. The zero-order valence-electron chi connectivity index (χ0n) is 13.3. The summed E-state index contributed by atoms with van der Waals surface area (Å²) in [6.45, 7) is 5.67. The third-order valence-corrected chi connectivity index (χ3v) is 5.07. The Kier molecular flexibility index (Phi) is 7.49. The van der Waals surface area contributed by atoms with Gasteiger partial charge in [0.25, 0.3) is 0 Å². The second-order valence-electron chi connectivity index (χ2n) is 5.67. The van der Waals surface area contributed by atoms with Crippen LogP contribution >= 0.6 is 0 Å². The molecule has 0 rings (SSSR count). The number of carboxylic acids is 1. The van der Waals surface area contributed by atoms with Crippen molar-refractivity contribution in [2.75, 3.05) is 18.8 Å². The van der Waals surface area contributed by atoms with Gasteiger partial charge in [-0.1, -0.05) is 0 Å². The SMILES string of the molecule is CC(=O)NCCN(C(C)C(=O)O)S(=O)(=O)CCC(C)(C)C#N. The van der Waals surface area contributed by atoms with E-state index in [-0.39, 0.29) is 31.2 Å². The first-order chi connectivity index (χ1) is 9.93. The topological polar surface area (TPSA) is 128 Å². The zero-order valence-corrected chi connectivity index (χ0v) is 14.1. The highest BCUT2D eigenvalue weighted by molar-refractivity contribution is 7.89. The van der Waals surface area contributed by atoms with E-state index in [1.165, 1.54) is 13.8 Å². The van der Waals surface area contributed by atoms with Crippen LogP contribution in [-0.4, -0.2) is 54.6 Å². The van der Waals surface area contributed by atoms with Gasteiger partial charge in [-0.3, -0.25) is 9.59 Å². The van der Waals surface area contributed by atoms with Crippen LogP contribution in [0, 0.1) is 16.7 Å². The lowest BCUT2D eigenvalue weighted by molar-refractivity contribution is -0.140. The molecule has 0 saturated carbocycles. The Labute approximate surface area is 131 Å². The molecule has 1 unspecified atom stereocenters. The molecule has 0 aliphatic carbocycles. The van der Waals surface area contributed by atoms with Crippen molar-refractivity contribution in [3.63, 3.8) is 0 Å². The number of sulfonamides is 1. The molecular weight excluding hydrogens is 310 g/mol. The molecule has 0 bridgehead atoms. The van der Waals surface area contributed by atoms with Gasteiger partial charge in [0.1, 0.15) is 6.04 Å². The van der Waals surface area contributed by atoms with E-state index >= 15 is 0 Å². The van der Waals surface area contributed by atoms with E-state index in [4.69, 9.17) is 10.4 Å². The van der Waals surface area contributed by atoms with E-state index < -0.39 is 27.4 Å². The number of amides is 1. The first kappa shape index (κ1) is 20.3. The van der Waals surface area contributed by atoms with E-state index in [0.717, 1.165) is 4.31 Å². The molecule has 9 heteroatoms. The van der Waals surface area contributed by atoms with Crippen LogP contribution in [0.5, 0.6) is 0 Å². The summed E-state index contributed by atoms with van der Waals surface area (Å²) in [5.74, 6) is -1.93. The van der Waals surface area contributed by atoms with E-state index in [9.17, 15) is 18.0 Å². The molecule has 0 aliphatic rings. The van der Waals surface area contributed by atoms with Crippen LogP contribution in [0.2, 0.25) is 0 Å². The highest BCUT2D eigenvalue weighted by atomic mass is 32.2. The normalized spacial score (nSPS) is 13.5. The smallest absolute Gasteiger partial charge is 0.321 e. The molecule has 0 aromatic carbocycles. The highest BCUT2D eigenvalue weighted by Crippen LogP contribution is 2.21. The zero-order chi connectivity index (χ0) is 17.6. The van der Waals surface area contributed by atoms with Gasteiger partial charge in [0.2, 0.25) is 15.9 Å². The summed E-state index contributed by atoms with van der Waals surface area (Å²) in [5.41, 5.74) is -0.817. The number of aliphatic carboxylic acids is 1. The van der Waals surface area contributed by atoms with Crippen LogP contribution in [0.3, 0.4) is 0 Å². The van der Waals surface area contributed by atoms with Gasteiger partial charge in [0.05, 0.1) is 17.2 Å². The summed E-state index contributed by atoms with van der Waals surface area (Å²) in [6, 6.07) is 0.760. The number of hydrogen-bond acceptors (Lipinski definition) is 5. The van der Waals surface area contributed by atoms with Crippen molar-refractivity contribution in [2.24, 2.45) is 5.41 Å². The van der Waals surface area contributed by atoms with Crippen LogP contribution in [0.4, 0.5) is 0 Å². The molecule has 0 aromatic heterocycles. The molecule has 1 atom stereocenters. The Morgan fingerprint density at radius 3 is 2.36 bits per heavy atom. The number of nitrogens with zero attached hydrogens (tertiary/aromatic N) is 2. The minimum Gasteiger partial charge on any atom is -0.480 e. The Bertz CT molecular complexity index is 551. The summed E-state index contributed by atoms with van der Waals surface area (Å²) in [4.78, 5) is 21.9. The number of carbonyl (C=O) groups is 2. The second kappa shape index (κ2) is 8.10. The lowest BCUT2D eigenvalue weighted by atomic mass is 9.93. The molecular formula is C13H23N3O5S. The number of hydrogen-bond donors (Lipinski definition) is 2. The summed E-state index contributed by atoms with van der Waals surface area (Å²) in [6.07, 6.45) is 0.0921. The number of nitriles is 1. The molecule has 22 heavy (non-hydrogen) atoms. The number of nitrogens with one attached hydrogen (secondary N) is 1. The largest absolute Gasteiger partial charge is 0.480 e. The molecule has 2 N–H and O–H groups in total. The molecule has 1 amide bonds. The van der Waals surface area contributed by atoms with E-state index in [2.05, 4.69) is 5.32 Å². The van der Waals surface area contributed by atoms with Gasteiger partial charge in [0.15, 0.2) is 0 Å². The predicted octanol–water partition coefficient (Wildman–Crippen LogP) is 0.167. The lowest BCUT2D eigenvalue weighted by Crippen LogP contribution is -2.47. The molecule has 0 aliphatic heterocycles. The minimum absolute atomic E-state index is 0.0217. The van der Waals surface area contributed by atoms with Crippen LogP contribution in [-0.2, 0) is 19.6 Å². The fourth-order valence-electron chi connectivity index (χ4n) is 1.60. The van der Waals surface area contributed by atoms with Crippen LogP contribution in [0.15, 0.2) is 0 Å². The Hall–Kier alpha value is -1.66. The maximum absolute atomic E-state index is 12.4. The van der Waals surface area contributed by atoms with Gasteiger partial charge in [-0.05, 0) is 27.2 Å². The standard InChI is InChI=1S/C13H23N3O5S/c1-10(12(18)19)16(7-6-15-11(2)17)22(20,21)8-5-13(3,4)9-14/h10H,5-8H2,1-4H3,(H,15,17)(H,18,19). The average molecular weight is 333 g/mol. The molecule has 0 aromatic rings. The maximum atomic E-state index is 12.4. The van der Waals surface area contributed by atoms with Crippen LogP contribution < -0.4 is 5.32 Å². The van der Waals surface area contributed by atoms with Gasteiger partial charge in [0, 0.05) is 20.0 Å². The summed E-state index contributed by atoms with van der Waals surface area (Å²) >= 11 is 0. The average Bonchev–Trinajstić information content (AvgIpc) is 2.40. The van der Waals surface area contributed by atoms with E-state index in [0.29, 0.717) is 0 Å². The third-order valence-electron chi connectivity index (χ3n) is 3.14. The van der Waals surface area contributed by atoms with Crippen molar-refractivity contribution >= 4 is 21.9 Å². The number of carboxylic acid groups (broad SMARTS) is 1. The van der Waals surface area contributed by atoms with E-state index in [1.54, 1.807) is 13.8 Å². The fraction of sp³-hybridized carbons (Fsp3) is 0.769. The quantitative estimate of drug-likeness (QED) is 0.619. The fourth-order valence-corrected chi connectivity index (χ4v) is 3.54. The summed E-state index contributed by atoms with van der Waals surface area (Å²) in [7, 11) is -3.86. The molecule has 0 saturated heterocycles. The molecule has 0 spiro atoms. The maximum Gasteiger partial charge on any atom is 0.321 e.